The highest BCUT2D eigenvalue weighted by Crippen LogP contribution is 2.14. The second kappa shape index (κ2) is 7.60. The molecule has 3 heteroatoms. The smallest absolute Gasteiger partial charge is 0.119 e. The van der Waals surface area contributed by atoms with E-state index in [9.17, 15) is 0 Å². The molecular weight excluding hydrogens is 208 g/mol. The summed E-state index contributed by atoms with van der Waals surface area (Å²) in [6.45, 7) is 1.39. The Kier molecular flexibility index (Phi) is 6.28. The Morgan fingerprint density at radius 2 is 2.13 bits per heavy atom. The van der Waals surface area contributed by atoms with Gasteiger partial charge in [-0.05, 0) is 36.3 Å². The number of hydrogen-bond acceptors (Lipinski definition) is 3. The van der Waals surface area contributed by atoms with Crippen LogP contribution >= 0.6 is 12.6 Å². The Morgan fingerprint density at radius 1 is 1.27 bits per heavy atom. The molecule has 0 aliphatic rings. The molecule has 1 rings (SSSR count). The molecule has 0 N–H and O–H groups in total. The maximum Gasteiger partial charge on any atom is 0.119 e. The van der Waals surface area contributed by atoms with E-state index in [1.807, 2.05) is 24.3 Å². The molecule has 0 unspecified atom stereocenters. The van der Waals surface area contributed by atoms with Crippen LogP contribution in [0.5, 0.6) is 5.75 Å². The van der Waals surface area contributed by atoms with Gasteiger partial charge >= 0.3 is 0 Å². The van der Waals surface area contributed by atoms with Crippen LogP contribution in [0.15, 0.2) is 24.3 Å². The molecule has 0 aromatic heterocycles. The number of benzene rings is 1. The van der Waals surface area contributed by atoms with Gasteiger partial charge in [-0.25, -0.2) is 0 Å². The summed E-state index contributed by atoms with van der Waals surface area (Å²) in [4.78, 5) is 0. The number of ether oxygens (including phenoxy) is 2. The van der Waals surface area contributed by atoms with Crippen LogP contribution < -0.4 is 4.74 Å². The van der Waals surface area contributed by atoms with Gasteiger partial charge in [-0.15, -0.1) is 0 Å². The summed E-state index contributed by atoms with van der Waals surface area (Å²) in [7, 11) is 1.69. The summed E-state index contributed by atoms with van der Waals surface area (Å²) < 4.78 is 10.7. The highest BCUT2D eigenvalue weighted by atomic mass is 32.1. The van der Waals surface area contributed by atoms with Gasteiger partial charge < -0.3 is 9.47 Å². The molecular formula is C12H18O2S. The van der Waals surface area contributed by atoms with Crippen molar-refractivity contribution in [2.75, 3.05) is 19.5 Å². The molecule has 0 bridgehead atoms. The van der Waals surface area contributed by atoms with Crippen LogP contribution in [0.3, 0.4) is 0 Å². The van der Waals surface area contributed by atoms with E-state index in [1.165, 1.54) is 0 Å². The van der Waals surface area contributed by atoms with Gasteiger partial charge in [-0.2, -0.15) is 12.6 Å². The van der Waals surface area contributed by atoms with E-state index >= 15 is 0 Å². The summed E-state index contributed by atoms with van der Waals surface area (Å²) in [5, 5.41) is 0. The van der Waals surface area contributed by atoms with Crippen LogP contribution in [0, 0.1) is 0 Å². The van der Waals surface area contributed by atoms with Crippen LogP contribution in [0.2, 0.25) is 0 Å². The number of unbranched alkanes of at least 4 members (excludes halogenated alkanes) is 1. The van der Waals surface area contributed by atoms with Crippen molar-refractivity contribution in [3.63, 3.8) is 0 Å². The Labute approximate surface area is 97.0 Å². The van der Waals surface area contributed by atoms with Crippen molar-refractivity contribution in [3.8, 4) is 5.75 Å². The molecule has 84 valence electrons. The first-order chi connectivity index (χ1) is 7.36. The van der Waals surface area contributed by atoms with E-state index in [2.05, 4.69) is 12.6 Å². The lowest BCUT2D eigenvalue weighted by Crippen LogP contribution is -1.98. The van der Waals surface area contributed by atoms with E-state index in [0.29, 0.717) is 6.61 Å². The molecule has 0 aliphatic carbocycles. The molecule has 0 saturated carbocycles. The fourth-order valence-corrected chi connectivity index (χ4v) is 1.52. The first-order valence-electron chi connectivity index (χ1n) is 5.18. The van der Waals surface area contributed by atoms with Gasteiger partial charge in [0.1, 0.15) is 5.75 Å². The molecule has 15 heavy (non-hydrogen) atoms. The zero-order valence-corrected chi connectivity index (χ0v) is 10.0. The van der Waals surface area contributed by atoms with Crippen LogP contribution in [-0.4, -0.2) is 19.5 Å². The van der Waals surface area contributed by atoms with Crippen molar-refractivity contribution in [1.29, 1.82) is 0 Å². The standard InChI is InChI=1S/C12H18O2S/c1-13-10-11-5-4-6-12(9-11)14-7-2-3-8-15/h4-6,9,15H,2-3,7-8,10H2,1H3. The minimum absolute atomic E-state index is 0.633. The van der Waals surface area contributed by atoms with Crippen LogP contribution in [0.25, 0.3) is 0 Å². The quantitative estimate of drug-likeness (QED) is 0.569. The van der Waals surface area contributed by atoms with Crippen molar-refractivity contribution in [2.24, 2.45) is 0 Å². The lowest BCUT2D eigenvalue weighted by Gasteiger charge is -2.07. The van der Waals surface area contributed by atoms with E-state index < -0.39 is 0 Å². The molecule has 0 spiro atoms. The molecule has 2 nitrogen and oxygen atoms in total. The third-order valence-corrected chi connectivity index (χ3v) is 2.35. The lowest BCUT2D eigenvalue weighted by molar-refractivity contribution is 0.184. The highest BCUT2D eigenvalue weighted by molar-refractivity contribution is 7.80. The molecule has 0 radical (unpaired) electrons. The van der Waals surface area contributed by atoms with E-state index in [1.54, 1.807) is 7.11 Å². The van der Waals surface area contributed by atoms with Crippen molar-refractivity contribution in [2.45, 2.75) is 19.4 Å². The maximum absolute atomic E-state index is 5.61. The van der Waals surface area contributed by atoms with Crippen molar-refractivity contribution in [3.05, 3.63) is 29.8 Å². The van der Waals surface area contributed by atoms with Gasteiger partial charge in [0, 0.05) is 7.11 Å². The van der Waals surface area contributed by atoms with E-state index in [0.717, 1.165) is 36.5 Å². The zero-order valence-electron chi connectivity index (χ0n) is 9.11. The van der Waals surface area contributed by atoms with Crippen LogP contribution in [0.1, 0.15) is 18.4 Å². The normalized spacial score (nSPS) is 10.3. The topological polar surface area (TPSA) is 18.5 Å². The Balaban J connectivity index is 2.36. The first-order valence-corrected chi connectivity index (χ1v) is 5.81. The third-order valence-electron chi connectivity index (χ3n) is 2.03. The second-order valence-electron chi connectivity index (χ2n) is 3.36. The summed E-state index contributed by atoms with van der Waals surface area (Å²) in [6.07, 6.45) is 2.15. The predicted molar refractivity (Wildman–Crippen MR) is 65.7 cm³/mol. The molecule has 0 amide bonds. The van der Waals surface area contributed by atoms with E-state index in [4.69, 9.17) is 9.47 Å². The predicted octanol–water partition coefficient (Wildman–Crippen LogP) is 2.92. The summed E-state index contributed by atoms with van der Waals surface area (Å²) >= 11 is 4.15. The molecule has 0 aliphatic heterocycles. The summed E-state index contributed by atoms with van der Waals surface area (Å²) in [5.41, 5.74) is 1.14. The molecule has 0 atom stereocenters. The monoisotopic (exact) mass is 226 g/mol. The average molecular weight is 226 g/mol. The summed E-state index contributed by atoms with van der Waals surface area (Å²) in [5.74, 6) is 1.84. The molecule has 1 aromatic carbocycles. The fourth-order valence-electron chi connectivity index (χ4n) is 1.30. The van der Waals surface area contributed by atoms with Gasteiger partial charge in [0.2, 0.25) is 0 Å². The Bertz CT molecular complexity index is 276. The molecule has 0 fully saturated rings. The Hall–Kier alpha value is -0.670. The van der Waals surface area contributed by atoms with Gasteiger partial charge in [-0.1, -0.05) is 12.1 Å². The number of thiol groups is 1. The van der Waals surface area contributed by atoms with Gasteiger partial charge in [0.05, 0.1) is 13.2 Å². The first kappa shape index (κ1) is 12.4. The number of rotatable bonds is 7. The van der Waals surface area contributed by atoms with Crippen molar-refractivity contribution >= 4 is 12.6 Å². The molecule has 0 saturated heterocycles. The minimum Gasteiger partial charge on any atom is -0.494 e. The zero-order chi connectivity index (χ0) is 10.9. The second-order valence-corrected chi connectivity index (χ2v) is 3.81. The minimum atomic E-state index is 0.633. The van der Waals surface area contributed by atoms with Gasteiger partial charge in [-0.3, -0.25) is 0 Å². The SMILES string of the molecule is COCc1cccc(OCCCCS)c1. The highest BCUT2D eigenvalue weighted by Gasteiger charge is 1.96. The summed E-state index contributed by atoms with van der Waals surface area (Å²) in [6, 6.07) is 8.01. The maximum atomic E-state index is 5.61. The van der Waals surface area contributed by atoms with E-state index in [-0.39, 0.29) is 0 Å². The van der Waals surface area contributed by atoms with Crippen LogP contribution in [-0.2, 0) is 11.3 Å². The van der Waals surface area contributed by atoms with Crippen molar-refractivity contribution < 1.29 is 9.47 Å². The number of methoxy groups -OCH3 is 1. The van der Waals surface area contributed by atoms with Crippen molar-refractivity contribution in [1.82, 2.24) is 0 Å². The third kappa shape index (κ3) is 5.09. The Morgan fingerprint density at radius 3 is 2.87 bits per heavy atom. The van der Waals surface area contributed by atoms with Gasteiger partial charge in [0.25, 0.3) is 0 Å². The lowest BCUT2D eigenvalue weighted by atomic mass is 10.2. The largest absolute Gasteiger partial charge is 0.494 e. The van der Waals surface area contributed by atoms with Gasteiger partial charge in [0.15, 0.2) is 0 Å². The fraction of sp³-hybridized carbons (Fsp3) is 0.500. The average Bonchev–Trinajstić information content (AvgIpc) is 2.26. The number of hydrogen-bond donors (Lipinski definition) is 1. The van der Waals surface area contributed by atoms with Crippen LogP contribution in [0.4, 0.5) is 0 Å². The molecule has 1 aromatic rings. The molecule has 0 heterocycles.